The third-order valence-electron chi connectivity index (χ3n) is 4.30. The van der Waals surface area contributed by atoms with Gasteiger partial charge in [-0.2, -0.15) is 0 Å². The Bertz CT molecular complexity index is 1230. The van der Waals surface area contributed by atoms with Gasteiger partial charge in [-0.05, 0) is 29.8 Å². The molecule has 1 N–H and O–H groups in total. The van der Waals surface area contributed by atoms with E-state index in [1.54, 1.807) is 7.05 Å². The lowest BCUT2D eigenvalue weighted by molar-refractivity contribution is -0.113. The monoisotopic (exact) mass is 485 g/mol. The van der Waals surface area contributed by atoms with Gasteiger partial charge in [-0.3, -0.25) is 14.2 Å². The van der Waals surface area contributed by atoms with Gasteiger partial charge in [-0.25, -0.2) is 4.98 Å². The molecule has 2 aromatic carbocycles. The van der Waals surface area contributed by atoms with Crippen molar-refractivity contribution in [1.29, 1.82) is 0 Å². The van der Waals surface area contributed by atoms with E-state index in [-0.39, 0.29) is 17.2 Å². The van der Waals surface area contributed by atoms with Crippen LogP contribution in [-0.2, 0) is 11.8 Å². The molecule has 2 aromatic heterocycles. The zero-order valence-corrected chi connectivity index (χ0v) is 18.6. The summed E-state index contributed by atoms with van der Waals surface area (Å²) in [5.74, 6) is 0.00686. The molecule has 4 aromatic rings. The molecular weight excluding hydrogens is 470 g/mol. The third-order valence-corrected chi connectivity index (χ3v) is 6.82. The lowest BCUT2D eigenvalue weighted by Crippen LogP contribution is -2.20. The largest absolute Gasteiger partial charge is 0.325 e. The van der Waals surface area contributed by atoms with Crippen LogP contribution in [0, 0.1) is 0 Å². The number of fused-ring (bicyclic) bond motifs is 1. The summed E-state index contributed by atoms with van der Waals surface area (Å²) < 4.78 is 3.07. The summed E-state index contributed by atoms with van der Waals surface area (Å²) in [5.41, 5.74) is 3.26. The molecular formula is C21H16BrN3O2S2. The highest BCUT2D eigenvalue weighted by Gasteiger charge is 2.16. The second kappa shape index (κ2) is 8.52. The molecule has 0 aliphatic heterocycles. The van der Waals surface area contributed by atoms with Crippen molar-refractivity contribution in [2.75, 3.05) is 11.1 Å². The van der Waals surface area contributed by atoms with Crippen LogP contribution in [0.3, 0.4) is 0 Å². The fourth-order valence-electron chi connectivity index (χ4n) is 2.84. The minimum absolute atomic E-state index is 0.0991. The Kier molecular flexibility index (Phi) is 5.84. The van der Waals surface area contributed by atoms with Gasteiger partial charge in [0.05, 0.1) is 11.3 Å². The molecule has 0 spiro atoms. The Labute approximate surface area is 183 Å². The van der Waals surface area contributed by atoms with Crippen LogP contribution in [0.2, 0.25) is 0 Å². The minimum atomic E-state index is -0.153. The highest BCUT2D eigenvalue weighted by atomic mass is 79.9. The molecule has 0 atom stereocenters. The number of nitrogens with zero attached hydrogens (tertiary/aromatic N) is 2. The van der Waals surface area contributed by atoms with Gasteiger partial charge in [-0.15, -0.1) is 11.3 Å². The number of amides is 1. The van der Waals surface area contributed by atoms with Gasteiger partial charge in [0.25, 0.3) is 5.56 Å². The van der Waals surface area contributed by atoms with Crippen LogP contribution in [-0.4, -0.2) is 21.2 Å². The first-order chi connectivity index (χ1) is 14.0. The number of rotatable bonds is 5. The molecule has 29 heavy (non-hydrogen) atoms. The van der Waals surface area contributed by atoms with Crippen LogP contribution < -0.4 is 10.9 Å². The predicted molar refractivity (Wildman–Crippen MR) is 124 cm³/mol. The summed E-state index contributed by atoms with van der Waals surface area (Å²) in [7, 11) is 1.69. The highest BCUT2D eigenvalue weighted by molar-refractivity contribution is 9.10. The fraction of sp³-hybridized carbons (Fsp3) is 0.0952. The van der Waals surface area contributed by atoms with Gasteiger partial charge < -0.3 is 5.32 Å². The number of aromatic nitrogens is 2. The Morgan fingerprint density at radius 1 is 1.17 bits per heavy atom. The average molecular weight is 486 g/mol. The van der Waals surface area contributed by atoms with Gasteiger partial charge in [0.1, 0.15) is 4.70 Å². The Morgan fingerprint density at radius 2 is 1.90 bits per heavy atom. The maximum atomic E-state index is 12.8. The summed E-state index contributed by atoms with van der Waals surface area (Å²) in [6.07, 6.45) is 0. The number of hydrogen-bond acceptors (Lipinski definition) is 5. The van der Waals surface area contributed by atoms with Gasteiger partial charge in [0, 0.05) is 28.2 Å². The molecule has 0 saturated heterocycles. The van der Waals surface area contributed by atoms with Crippen molar-refractivity contribution in [2.24, 2.45) is 7.05 Å². The van der Waals surface area contributed by atoms with Crippen LogP contribution in [0.25, 0.3) is 21.3 Å². The average Bonchev–Trinajstić information content (AvgIpc) is 3.16. The first kappa shape index (κ1) is 19.9. The molecule has 0 aliphatic rings. The number of halogens is 1. The van der Waals surface area contributed by atoms with Crippen molar-refractivity contribution >= 4 is 60.8 Å². The number of anilines is 1. The van der Waals surface area contributed by atoms with E-state index in [0.29, 0.717) is 15.4 Å². The molecule has 8 heteroatoms. The molecule has 0 fully saturated rings. The Balaban J connectivity index is 1.58. The van der Waals surface area contributed by atoms with E-state index in [1.807, 2.05) is 60.0 Å². The second-order valence-electron chi connectivity index (χ2n) is 6.30. The standard InChI is InChI=1S/C21H16BrN3O2S2/c1-25-20(27)19-18(16(11-28-19)13-5-3-2-4-6-13)24-21(25)29-12-17(26)23-15-9-7-14(22)8-10-15/h2-11H,12H2,1H3,(H,23,26). The molecule has 1 amide bonds. The highest BCUT2D eigenvalue weighted by Crippen LogP contribution is 2.32. The number of benzene rings is 2. The summed E-state index contributed by atoms with van der Waals surface area (Å²) in [5, 5.41) is 5.33. The van der Waals surface area contributed by atoms with E-state index in [9.17, 15) is 9.59 Å². The molecule has 5 nitrogen and oxygen atoms in total. The number of hydrogen-bond donors (Lipinski definition) is 1. The summed E-state index contributed by atoms with van der Waals surface area (Å²) in [4.78, 5) is 29.8. The molecule has 0 aliphatic carbocycles. The van der Waals surface area contributed by atoms with E-state index >= 15 is 0 Å². The van der Waals surface area contributed by atoms with Gasteiger partial charge in [0.2, 0.25) is 5.91 Å². The maximum absolute atomic E-state index is 12.8. The van der Waals surface area contributed by atoms with Crippen molar-refractivity contribution in [3.63, 3.8) is 0 Å². The maximum Gasteiger partial charge on any atom is 0.271 e. The Morgan fingerprint density at radius 3 is 2.62 bits per heavy atom. The number of thiophene rings is 1. The number of carbonyl (C=O) groups is 1. The first-order valence-corrected chi connectivity index (χ1v) is 11.4. The summed E-state index contributed by atoms with van der Waals surface area (Å²) in [6.45, 7) is 0. The van der Waals surface area contributed by atoms with Gasteiger partial charge >= 0.3 is 0 Å². The number of carbonyl (C=O) groups excluding carboxylic acids is 1. The van der Waals surface area contributed by atoms with E-state index < -0.39 is 0 Å². The molecule has 146 valence electrons. The first-order valence-electron chi connectivity index (χ1n) is 8.75. The molecule has 0 radical (unpaired) electrons. The number of thioether (sulfide) groups is 1. The third kappa shape index (κ3) is 4.29. The van der Waals surface area contributed by atoms with Crippen LogP contribution in [0.1, 0.15) is 0 Å². The molecule has 2 heterocycles. The molecule has 0 saturated carbocycles. The van der Waals surface area contributed by atoms with Crippen LogP contribution in [0.4, 0.5) is 5.69 Å². The van der Waals surface area contributed by atoms with Gasteiger partial charge in [-0.1, -0.05) is 58.0 Å². The van der Waals surface area contributed by atoms with Crippen molar-refractivity contribution in [1.82, 2.24) is 9.55 Å². The Hall–Kier alpha value is -2.42. The SMILES string of the molecule is Cn1c(SCC(=O)Nc2ccc(Br)cc2)nc2c(-c3ccccc3)csc2c1=O. The summed E-state index contributed by atoms with van der Waals surface area (Å²) in [6, 6.07) is 17.2. The van der Waals surface area contributed by atoms with E-state index in [0.717, 1.165) is 21.3 Å². The van der Waals surface area contributed by atoms with E-state index in [4.69, 9.17) is 4.98 Å². The van der Waals surface area contributed by atoms with Crippen molar-refractivity contribution in [3.8, 4) is 11.1 Å². The smallest absolute Gasteiger partial charge is 0.271 e. The minimum Gasteiger partial charge on any atom is -0.325 e. The lowest BCUT2D eigenvalue weighted by Gasteiger charge is -2.09. The normalized spacial score (nSPS) is 11.0. The lowest BCUT2D eigenvalue weighted by atomic mass is 10.1. The van der Waals surface area contributed by atoms with Crippen LogP contribution in [0.15, 0.2) is 74.4 Å². The topological polar surface area (TPSA) is 64.0 Å². The van der Waals surface area contributed by atoms with Crippen molar-refractivity contribution < 1.29 is 4.79 Å². The zero-order valence-electron chi connectivity index (χ0n) is 15.4. The molecule has 0 bridgehead atoms. The van der Waals surface area contributed by atoms with Crippen molar-refractivity contribution in [2.45, 2.75) is 5.16 Å². The quantitative estimate of drug-likeness (QED) is 0.313. The zero-order chi connectivity index (χ0) is 20.4. The number of nitrogens with one attached hydrogen (secondary N) is 1. The van der Waals surface area contributed by atoms with Crippen molar-refractivity contribution in [3.05, 3.63) is 74.8 Å². The van der Waals surface area contributed by atoms with E-state index in [1.165, 1.54) is 27.7 Å². The van der Waals surface area contributed by atoms with E-state index in [2.05, 4.69) is 21.2 Å². The predicted octanol–water partition coefficient (Wildman–Crippen LogP) is 5.16. The van der Waals surface area contributed by atoms with Crippen LogP contribution >= 0.6 is 39.0 Å². The van der Waals surface area contributed by atoms with Crippen LogP contribution in [0.5, 0.6) is 0 Å². The molecule has 0 unspecified atom stereocenters. The second-order valence-corrected chi connectivity index (χ2v) is 9.03. The fourth-order valence-corrected chi connectivity index (χ4v) is 4.85. The molecule has 4 rings (SSSR count). The van der Waals surface area contributed by atoms with Gasteiger partial charge in [0.15, 0.2) is 5.16 Å². The summed E-state index contributed by atoms with van der Waals surface area (Å²) >= 11 is 6.02.